The lowest BCUT2D eigenvalue weighted by Gasteiger charge is -2.42. The molecular weight excluding hydrogens is 224 g/mol. The Morgan fingerprint density at radius 1 is 1.06 bits per heavy atom. The first-order valence-corrected chi connectivity index (χ1v) is 7.22. The third kappa shape index (κ3) is 3.07. The maximum absolute atomic E-state index is 12.4. The monoisotopic (exact) mass is 254 g/mol. The number of hydrogen-bond acceptors (Lipinski definition) is 2. The van der Waals surface area contributed by atoms with Gasteiger partial charge in [0.1, 0.15) is 5.60 Å². The second kappa shape index (κ2) is 4.86. The van der Waals surface area contributed by atoms with Crippen LogP contribution in [0, 0.1) is 16.7 Å². The van der Waals surface area contributed by atoms with Crippen molar-refractivity contribution < 1.29 is 9.53 Å². The summed E-state index contributed by atoms with van der Waals surface area (Å²) in [6, 6.07) is 0. The number of hydrogen-bond donors (Lipinski definition) is 0. The lowest BCUT2D eigenvalue weighted by Crippen LogP contribution is -2.46. The van der Waals surface area contributed by atoms with Crippen molar-refractivity contribution >= 4 is 5.97 Å². The van der Waals surface area contributed by atoms with E-state index >= 15 is 0 Å². The predicted molar refractivity (Wildman–Crippen MR) is 75.4 cm³/mol. The van der Waals surface area contributed by atoms with Crippen LogP contribution in [-0.2, 0) is 9.53 Å². The standard InChI is InChI=1S/C16H30O2/c1-12(14(2,3)4)13(17)18-16(15(5,6)7)10-8-9-11-16/h12H,8-11H2,1-7H3. The first-order valence-electron chi connectivity index (χ1n) is 7.22. The summed E-state index contributed by atoms with van der Waals surface area (Å²) in [5.41, 5.74) is -0.255. The molecule has 2 heteroatoms. The maximum Gasteiger partial charge on any atom is 0.309 e. The molecule has 1 unspecified atom stereocenters. The van der Waals surface area contributed by atoms with E-state index in [1.165, 1.54) is 12.8 Å². The normalized spacial score (nSPS) is 21.7. The third-order valence-corrected chi connectivity index (χ3v) is 4.73. The summed E-state index contributed by atoms with van der Waals surface area (Å²) in [7, 11) is 0. The molecule has 0 spiro atoms. The summed E-state index contributed by atoms with van der Waals surface area (Å²) in [6.07, 6.45) is 4.38. The van der Waals surface area contributed by atoms with E-state index in [0.717, 1.165) is 12.8 Å². The van der Waals surface area contributed by atoms with Crippen LogP contribution in [0.15, 0.2) is 0 Å². The molecule has 0 saturated heterocycles. The molecule has 0 aromatic heterocycles. The Hall–Kier alpha value is -0.530. The highest BCUT2D eigenvalue weighted by molar-refractivity contribution is 5.73. The number of esters is 1. The van der Waals surface area contributed by atoms with Crippen molar-refractivity contribution in [1.82, 2.24) is 0 Å². The molecular formula is C16H30O2. The Morgan fingerprint density at radius 2 is 1.50 bits per heavy atom. The van der Waals surface area contributed by atoms with Crippen molar-refractivity contribution in [3.8, 4) is 0 Å². The quantitative estimate of drug-likeness (QED) is 0.675. The highest BCUT2D eigenvalue weighted by atomic mass is 16.6. The molecule has 0 radical (unpaired) electrons. The van der Waals surface area contributed by atoms with Crippen molar-refractivity contribution in [2.24, 2.45) is 16.7 Å². The topological polar surface area (TPSA) is 26.3 Å². The molecule has 0 N–H and O–H groups in total. The molecule has 0 bridgehead atoms. The number of ether oxygens (including phenoxy) is 1. The van der Waals surface area contributed by atoms with Gasteiger partial charge in [-0.05, 0) is 31.1 Å². The first-order chi connectivity index (χ1) is 8.00. The van der Waals surface area contributed by atoms with Gasteiger partial charge in [-0.2, -0.15) is 0 Å². The molecule has 1 saturated carbocycles. The van der Waals surface area contributed by atoms with Crippen LogP contribution in [-0.4, -0.2) is 11.6 Å². The molecule has 0 aromatic rings. The minimum absolute atomic E-state index is 0.0246. The minimum Gasteiger partial charge on any atom is -0.458 e. The average Bonchev–Trinajstić information content (AvgIpc) is 2.63. The summed E-state index contributed by atoms with van der Waals surface area (Å²) >= 11 is 0. The number of carbonyl (C=O) groups is 1. The van der Waals surface area contributed by atoms with Crippen molar-refractivity contribution in [1.29, 1.82) is 0 Å². The van der Waals surface area contributed by atoms with Gasteiger partial charge in [-0.1, -0.05) is 48.5 Å². The van der Waals surface area contributed by atoms with Crippen LogP contribution in [0.25, 0.3) is 0 Å². The van der Waals surface area contributed by atoms with Gasteiger partial charge in [-0.25, -0.2) is 0 Å². The lowest BCUT2D eigenvalue weighted by atomic mass is 9.74. The van der Waals surface area contributed by atoms with E-state index in [2.05, 4.69) is 41.5 Å². The van der Waals surface area contributed by atoms with Gasteiger partial charge < -0.3 is 4.74 Å². The van der Waals surface area contributed by atoms with Crippen molar-refractivity contribution in [3.05, 3.63) is 0 Å². The van der Waals surface area contributed by atoms with Gasteiger partial charge in [-0.15, -0.1) is 0 Å². The van der Waals surface area contributed by atoms with Crippen molar-refractivity contribution in [3.63, 3.8) is 0 Å². The Labute approximate surface area is 112 Å². The molecule has 106 valence electrons. The number of carbonyl (C=O) groups excluding carboxylic acids is 1. The molecule has 0 aliphatic heterocycles. The smallest absolute Gasteiger partial charge is 0.309 e. The van der Waals surface area contributed by atoms with Crippen LogP contribution in [0.3, 0.4) is 0 Å². The Balaban J connectivity index is 2.84. The zero-order valence-corrected chi connectivity index (χ0v) is 13.2. The van der Waals surface area contributed by atoms with Gasteiger partial charge in [0, 0.05) is 5.41 Å². The molecule has 1 atom stereocenters. The first kappa shape index (κ1) is 15.5. The summed E-state index contributed by atoms with van der Waals surface area (Å²) in [4.78, 5) is 12.4. The van der Waals surface area contributed by atoms with Gasteiger partial charge in [0.15, 0.2) is 0 Å². The molecule has 0 amide bonds. The Bertz CT molecular complexity index is 298. The fourth-order valence-corrected chi connectivity index (χ4v) is 2.59. The highest BCUT2D eigenvalue weighted by Gasteiger charge is 2.48. The molecule has 18 heavy (non-hydrogen) atoms. The average molecular weight is 254 g/mol. The second-order valence-electron chi connectivity index (χ2n) is 7.96. The molecule has 0 heterocycles. The summed E-state index contributed by atoms with van der Waals surface area (Å²) in [5, 5.41) is 0. The zero-order chi connectivity index (χ0) is 14.2. The van der Waals surface area contributed by atoms with Gasteiger partial charge >= 0.3 is 5.97 Å². The number of rotatable bonds is 2. The van der Waals surface area contributed by atoms with Crippen LogP contribution in [0.1, 0.15) is 74.1 Å². The van der Waals surface area contributed by atoms with Gasteiger partial charge in [-0.3, -0.25) is 4.79 Å². The molecule has 1 fully saturated rings. The van der Waals surface area contributed by atoms with Crippen molar-refractivity contribution in [2.75, 3.05) is 0 Å². The zero-order valence-electron chi connectivity index (χ0n) is 13.2. The van der Waals surface area contributed by atoms with Crippen LogP contribution < -0.4 is 0 Å². The predicted octanol–water partition coefficient (Wildman–Crippen LogP) is 4.57. The van der Waals surface area contributed by atoms with Crippen LogP contribution in [0.2, 0.25) is 0 Å². The fourth-order valence-electron chi connectivity index (χ4n) is 2.59. The fraction of sp³-hybridized carbons (Fsp3) is 0.938. The largest absolute Gasteiger partial charge is 0.458 e. The van der Waals surface area contributed by atoms with Gasteiger partial charge in [0.05, 0.1) is 5.92 Å². The molecule has 0 aromatic carbocycles. The van der Waals surface area contributed by atoms with E-state index in [1.54, 1.807) is 0 Å². The lowest BCUT2D eigenvalue weighted by molar-refractivity contribution is -0.180. The molecule has 1 rings (SSSR count). The van der Waals surface area contributed by atoms with Gasteiger partial charge in [0.25, 0.3) is 0 Å². The minimum atomic E-state index is -0.246. The Morgan fingerprint density at radius 3 is 1.83 bits per heavy atom. The molecule has 1 aliphatic rings. The van der Waals surface area contributed by atoms with Crippen LogP contribution in [0.4, 0.5) is 0 Å². The highest BCUT2D eigenvalue weighted by Crippen LogP contribution is 2.47. The van der Waals surface area contributed by atoms with Crippen LogP contribution >= 0.6 is 0 Å². The van der Waals surface area contributed by atoms with E-state index in [0.29, 0.717) is 0 Å². The van der Waals surface area contributed by atoms with E-state index in [1.807, 2.05) is 6.92 Å². The summed E-state index contributed by atoms with van der Waals surface area (Å²) in [5.74, 6) is -0.0864. The molecule has 1 aliphatic carbocycles. The van der Waals surface area contributed by atoms with Gasteiger partial charge in [0.2, 0.25) is 0 Å². The van der Waals surface area contributed by atoms with E-state index in [4.69, 9.17) is 4.74 Å². The summed E-state index contributed by atoms with van der Waals surface area (Å²) in [6.45, 7) is 14.8. The van der Waals surface area contributed by atoms with E-state index in [9.17, 15) is 4.79 Å². The SMILES string of the molecule is CC(C(=O)OC1(C(C)(C)C)CCCC1)C(C)(C)C. The third-order valence-electron chi connectivity index (χ3n) is 4.73. The van der Waals surface area contributed by atoms with E-state index in [-0.39, 0.29) is 28.3 Å². The summed E-state index contributed by atoms with van der Waals surface area (Å²) < 4.78 is 6.01. The van der Waals surface area contributed by atoms with Crippen molar-refractivity contribution in [2.45, 2.75) is 79.8 Å². The Kier molecular flexibility index (Phi) is 4.19. The van der Waals surface area contributed by atoms with E-state index < -0.39 is 0 Å². The maximum atomic E-state index is 12.4. The molecule has 2 nitrogen and oxygen atoms in total. The second-order valence-corrected chi connectivity index (χ2v) is 7.96. The van der Waals surface area contributed by atoms with Crippen LogP contribution in [0.5, 0.6) is 0 Å².